The molecule has 1 aromatic carbocycles. The van der Waals surface area contributed by atoms with Gasteiger partial charge in [0.1, 0.15) is 6.61 Å². The zero-order chi connectivity index (χ0) is 13.2. The molecule has 1 aromatic rings. The lowest BCUT2D eigenvalue weighted by molar-refractivity contribution is -0.120. The van der Waals surface area contributed by atoms with Crippen molar-refractivity contribution in [3.05, 3.63) is 29.8 Å². The van der Waals surface area contributed by atoms with Gasteiger partial charge in [-0.05, 0) is 30.7 Å². The average Bonchev–Trinajstić information content (AvgIpc) is 2.39. The summed E-state index contributed by atoms with van der Waals surface area (Å²) in [6.45, 7) is 1.13. The number of rotatable bonds is 7. The van der Waals surface area contributed by atoms with Gasteiger partial charge in [-0.3, -0.25) is 4.79 Å². The number of nitriles is 1. The topological polar surface area (TPSA) is 71.3 Å². The third-order valence-corrected chi connectivity index (χ3v) is 2.17. The third-order valence-electron chi connectivity index (χ3n) is 2.17. The zero-order valence-electron chi connectivity index (χ0n) is 10.3. The number of anilines is 1. The van der Waals surface area contributed by atoms with E-state index in [9.17, 15) is 4.79 Å². The fourth-order valence-electron chi connectivity index (χ4n) is 1.30. The van der Waals surface area contributed by atoms with Gasteiger partial charge in [-0.25, -0.2) is 0 Å². The number of nitrogens with one attached hydrogen (secondary N) is 1. The van der Waals surface area contributed by atoms with Gasteiger partial charge in [0, 0.05) is 26.0 Å². The lowest BCUT2D eigenvalue weighted by Crippen LogP contribution is -2.18. The van der Waals surface area contributed by atoms with E-state index in [-0.39, 0.29) is 12.5 Å². The predicted molar refractivity (Wildman–Crippen MR) is 67.1 cm³/mol. The van der Waals surface area contributed by atoms with E-state index in [1.807, 2.05) is 6.07 Å². The van der Waals surface area contributed by atoms with Crippen molar-refractivity contribution < 1.29 is 14.3 Å². The molecule has 0 saturated carbocycles. The molecule has 0 bridgehead atoms. The number of nitrogens with zero attached hydrogens (tertiary/aromatic N) is 1. The van der Waals surface area contributed by atoms with Crippen molar-refractivity contribution in [3.63, 3.8) is 0 Å². The number of methoxy groups -OCH3 is 1. The summed E-state index contributed by atoms with van der Waals surface area (Å²) in [4.78, 5) is 11.5. The van der Waals surface area contributed by atoms with Crippen molar-refractivity contribution >= 4 is 11.6 Å². The summed E-state index contributed by atoms with van der Waals surface area (Å²) in [7, 11) is 1.62. The van der Waals surface area contributed by atoms with Crippen LogP contribution in [0.5, 0.6) is 0 Å². The number of carbonyl (C=O) groups excluding carboxylic acids is 1. The molecule has 0 saturated heterocycles. The maximum Gasteiger partial charge on any atom is 0.250 e. The van der Waals surface area contributed by atoms with Crippen molar-refractivity contribution in [1.82, 2.24) is 0 Å². The molecule has 0 spiro atoms. The summed E-state index contributed by atoms with van der Waals surface area (Å²) in [6.07, 6.45) is 0.765. The number of carbonyl (C=O) groups is 1. The molecule has 0 aliphatic rings. The number of ether oxygens (including phenoxy) is 2. The van der Waals surface area contributed by atoms with Crippen LogP contribution in [0.2, 0.25) is 0 Å². The molecule has 1 N–H and O–H groups in total. The zero-order valence-corrected chi connectivity index (χ0v) is 10.3. The Bertz CT molecular complexity index is 409. The molecule has 1 rings (SSSR count). The van der Waals surface area contributed by atoms with Crippen LogP contribution in [0.4, 0.5) is 5.69 Å². The number of benzene rings is 1. The lowest BCUT2D eigenvalue weighted by Gasteiger charge is -2.06. The first-order valence-electron chi connectivity index (χ1n) is 5.63. The van der Waals surface area contributed by atoms with Gasteiger partial charge in [0.15, 0.2) is 0 Å². The van der Waals surface area contributed by atoms with Gasteiger partial charge in [-0.2, -0.15) is 5.26 Å². The Morgan fingerprint density at radius 1 is 1.33 bits per heavy atom. The average molecular weight is 248 g/mol. The standard InChI is InChI=1S/C13H16N2O3/c1-17-7-2-8-18-10-13(16)15-12-5-3-11(9-14)4-6-12/h3-6H,2,7-8,10H2,1H3,(H,15,16). The van der Waals surface area contributed by atoms with E-state index in [1.54, 1.807) is 31.4 Å². The van der Waals surface area contributed by atoms with Crippen molar-refractivity contribution in [2.45, 2.75) is 6.42 Å². The van der Waals surface area contributed by atoms with Crippen LogP contribution in [0.1, 0.15) is 12.0 Å². The highest BCUT2D eigenvalue weighted by Gasteiger charge is 2.02. The number of hydrogen-bond donors (Lipinski definition) is 1. The fraction of sp³-hybridized carbons (Fsp3) is 0.385. The molecule has 0 aromatic heterocycles. The van der Waals surface area contributed by atoms with E-state index in [1.165, 1.54) is 0 Å². The Hall–Kier alpha value is -1.90. The minimum absolute atomic E-state index is 0.0176. The molecule has 0 unspecified atom stereocenters. The molecule has 0 aliphatic carbocycles. The minimum atomic E-state index is -0.211. The van der Waals surface area contributed by atoms with E-state index in [0.29, 0.717) is 24.5 Å². The second-order valence-electron chi connectivity index (χ2n) is 3.64. The molecular formula is C13H16N2O3. The Kier molecular flexibility index (Phi) is 6.47. The summed E-state index contributed by atoms with van der Waals surface area (Å²) in [5, 5.41) is 11.3. The molecule has 0 fully saturated rings. The molecule has 5 heteroatoms. The molecule has 5 nitrogen and oxygen atoms in total. The van der Waals surface area contributed by atoms with Crippen molar-refractivity contribution in [2.75, 3.05) is 32.2 Å². The van der Waals surface area contributed by atoms with E-state index in [0.717, 1.165) is 6.42 Å². The summed E-state index contributed by atoms with van der Waals surface area (Å²) in [5.74, 6) is -0.211. The van der Waals surface area contributed by atoms with Gasteiger partial charge in [-0.1, -0.05) is 0 Å². The van der Waals surface area contributed by atoms with E-state index >= 15 is 0 Å². The SMILES string of the molecule is COCCCOCC(=O)Nc1ccc(C#N)cc1. The minimum Gasteiger partial charge on any atom is -0.385 e. The van der Waals surface area contributed by atoms with E-state index in [2.05, 4.69) is 5.32 Å². The first-order valence-corrected chi connectivity index (χ1v) is 5.63. The monoisotopic (exact) mass is 248 g/mol. The van der Waals surface area contributed by atoms with Crippen molar-refractivity contribution in [2.24, 2.45) is 0 Å². The van der Waals surface area contributed by atoms with Crippen molar-refractivity contribution in [3.8, 4) is 6.07 Å². The molecule has 0 heterocycles. The maximum atomic E-state index is 11.5. The van der Waals surface area contributed by atoms with Gasteiger partial charge in [-0.15, -0.1) is 0 Å². The Morgan fingerprint density at radius 2 is 2.06 bits per heavy atom. The highest BCUT2D eigenvalue weighted by atomic mass is 16.5. The van der Waals surface area contributed by atoms with Gasteiger partial charge in [0.2, 0.25) is 5.91 Å². The van der Waals surface area contributed by atoms with E-state index < -0.39 is 0 Å². The Morgan fingerprint density at radius 3 is 2.67 bits per heavy atom. The van der Waals surface area contributed by atoms with Crippen LogP contribution in [0.15, 0.2) is 24.3 Å². The molecular weight excluding hydrogens is 232 g/mol. The third kappa shape index (κ3) is 5.43. The normalized spacial score (nSPS) is 9.78. The van der Waals surface area contributed by atoms with Gasteiger partial charge >= 0.3 is 0 Å². The summed E-state index contributed by atoms with van der Waals surface area (Å²) >= 11 is 0. The second kappa shape index (κ2) is 8.23. The van der Waals surface area contributed by atoms with Crippen LogP contribution >= 0.6 is 0 Å². The molecule has 1 amide bonds. The van der Waals surface area contributed by atoms with Crippen LogP contribution in [0, 0.1) is 11.3 Å². The van der Waals surface area contributed by atoms with Gasteiger partial charge < -0.3 is 14.8 Å². The maximum absolute atomic E-state index is 11.5. The highest BCUT2D eigenvalue weighted by molar-refractivity contribution is 5.91. The Labute approximate surface area is 106 Å². The van der Waals surface area contributed by atoms with Crippen LogP contribution in [0.3, 0.4) is 0 Å². The molecule has 96 valence electrons. The smallest absolute Gasteiger partial charge is 0.250 e. The first-order chi connectivity index (χ1) is 8.76. The first kappa shape index (κ1) is 14.2. The number of hydrogen-bond acceptors (Lipinski definition) is 4. The van der Waals surface area contributed by atoms with Gasteiger partial charge in [0.05, 0.1) is 11.6 Å². The summed E-state index contributed by atoms with van der Waals surface area (Å²) in [5.41, 5.74) is 1.21. The van der Waals surface area contributed by atoms with Crippen LogP contribution in [-0.2, 0) is 14.3 Å². The summed E-state index contributed by atoms with van der Waals surface area (Å²) in [6, 6.07) is 8.67. The highest BCUT2D eigenvalue weighted by Crippen LogP contribution is 2.08. The summed E-state index contributed by atoms with van der Waals surface area (Å²) < 4.78 is 10.0. The quantitative estimate of drug-likeness (QED) is 0.743. The van der Waals surface area contributed by atoms with Crippen LogP contribution in [0.25, 0.3) is 0 Å². The number of amides is 1. The van der Waals surface area contributed by atoms with Crippen LogP contribution < -0.4 is 5.32 Å². The van der Waals surface area contributed by atoms with Gasteiger partial charge in [0.25, 0.3) is 0 Å². The molecule has 0 radical (unpaired) electrons. The van der Waals surface area contributed by atoms with Crippen LogP contribution in [-0.4, -0.2) is 32.8 Å². The Balaban J connectivity index is 2.25. The molecule has 18 heavy (non-hydrogen) atoms. The van der Waals surface area contributed by atoms with E-state index in [4.69, 9.17) is 14.7 Å². The predicted octanol–water partition coefficient (Wildman–Crippen LogP) is 1.55. The second-order valence-corrected chi connectivity index (χ2v) is 3.64. The largest absolute Gasteiger partial charge is 0.385 e. The van der Waals surface area contributed by atoms with Crippen molar-refractivity contribution in [1.29, 1.82) is 5.26 Å². The molecule has 0 atom stereocenters. The fourth-order valence-corrected chi connectivity index (χ4v) is 1.30. The molecule has 0 aliphatic heterocycles. The lowest BCUT2D eigenvalue weighted by atomic mass is 10.2.